The molecular weight excluding hydrogens is 376 g/mol. The molecule has 2 rings (SSSR count). The molecule has 0 amide bonds. The first-order valence-electron chi connectivity index (χ1n) is 9.98. The van der Waals surface area contributed by atoms with Crippen LogP contribution in [0.3, 0.4) is 0 Å². The number of Topliss-reactive ketones (excluding diaryl/α,β-unsaturated/α-hetero) is 1. The van der Waals surface area contributed by atoms with Crippen LogP contribution in [0.2, 0.25) is 0 Å². The van der Waals surface area contributed by atoms with E-state index in [9.17, 15) is 9.90 Å². The van der Waals surface area contributed by atoms with Gasteiger partial charge in [-0.3, -0.25) is 4.79 Å². The molecule has 154 valence electrons. The average Bonchev–Trinajstić information content (AvgIpc) is 3.19. The zero-order valence-corrected chi connectivity index (χ0v) is 17.6. The number of rotatable bonds is 14. The SMILES string of the molecule is CCCc1c(OCCCCCCCCSc2nnn[nH]2)ccc(C(C)=O)c1O. The summed E-state index contributed by atoms with van der Waals surface area (Å²) in [5.74, 6) is 1.67. The Morgan fingerprint density at radius 2 is 1.93 bits per heavy atom. The second-order valence-electron chi connectivity index (χ2n) is 6.77. The Bertz CT molecular complexity index is 722. The van der Waals surface area contributed by atoms with Crippen LogP contribution in [0.5, 0.6) is 11.5 Å². The van der Waals surface area contributed by atoms with E-state index in [0.717, 1.165) is 42.2 Å². The van der Waals surface area contributed by atoms with Gasteiger partial charge in [-0.25, -0.2) is 5.10 Å². The van der Waals surface area contributed by atoms with Gasteiger partial charge in [0.2, 0.25) is 5.16 Å². The molecule has 28 heavy (non-hydrogen) atoms. The maximum Gasteiger partial charge on any atom is 0.206 e. The molecule has 0 saturated heterocycles. The number of aromatic nitrogens is 4. The lowest BCUT2D eigenvalue weighted by atomic mass is 10.0. The maximum atomic E-state index is 11.6. The van der Waals surface area contributed by atoms with E-state index in [1.807, 2.05) is 13.0 Å². The van der Waals surface area contributed by atoms with Crippen LogP contribution in [0, 0.1) is 0 Å². The Hall–Kier alpha value is -2.09. The van der Waals surface area contributed by atoms with Crippen molar-refractivity contribution in [2.75, 3.05) is 12.4 Å². The van der Waals surface area contributed by atoms with Gasteiger partial charge in [0.05, 0.1) is 12.2 Å². The summed E-state index contributed by atoms with van der Waals surface area (Å²) in [5, 5.41) is 24.8. The highest BCUT2D eigenvalue weighted by Crippen LogP contribution is 2.33. The third kappa shape index (κ3) is 7.14. The number of aromatic hydroxyl groups is 1. The minimum absolute atomic E-state index is 0.0748. The van der Waals surface area contributed by atoms with Gasteiger partial charge < -0.3 is 9.84 Å². The molecule has 2 aromatic rings. The molecule has 0 atom stereocenters. The standard InChI is InChI=1S/C20H30N4O3S/c1-3-10-17-18(12-11-16(15(2)25)19(17)26)27-13-8-6-4-5-7-9-14-28-20-21-23-24-22-20/h11-12,26H,3-10,13-14H2,1-2H3,(H,21,22,23,24). The maximum absolute atomic E-state index is 11.6. The molecular formula is C20H30N4O3S. The molecule has 0 saturated carbocycles. The Morgan fingerprint density at radius 1 is 1.18 bits per heavy atom. The first kappa shape index (κ1) is 22.2. The minimum Gasteiger partial charge on any atom is -0.507 e. The fraction of sp³-hybridized carbons (Fsp3) is 0.600. The minimum atomic E-state index is -0.128. The van der Waals surface area contributed by atoms with Gasteiger partial charge in [0, 0.05) is 11.3 Å². The fourth-order valence-corrected chi connectivity index (χ4v) is 3.74. The molecule has 2 N–H and O–H groups in total. The Labute approximate surface area is 170 Å². The molecule has 1 aromatic heterocycles. The van der Waals surface area contributed by atoms with Crippen LogP contribution < -0.4 is 4.74 Å². The summed E-state index contributed by atoms with van der Waals surface area (Å²) in [6, 6.07) is 3.46. The summed E-state index contributed by atoms with van der Waals surface area (Å²) < 4.78 is 5.89. The van der Waals surface area contributed by atoms with Crippen molar-refractivity contribution >= 4 is 17.5 Å². The van der Waals surface area contributed by atoms with Gasteiger partial charge in [0.15, 0.2) is 5.78 Å². The molecule has 0 aliphatic rings. The summed E-state index contributed by atoms with van der Waals surface area (Å²) >= 11 is 1.65. The van der Waals surface area contributed by atoms with Crippen LogP contribution in [-0.4, -0.2) is 43.9 Å². The monoisotopic (exact) mass is 406 g/mol. The van der Waals surface area contributed by atoms with Crippen molar-refractivity contribution in [3.05, 3.63) is 23.3 Å². The third-order valence-electron chi connectivity index (χ3n) is 4.48. The number of carbonyl (C=O) groups excluding carboxylic acids is 1. The summed E-state index contributed by atoms with van der Waals surface area (Å²) in [4.78, 5) is 11.6. The number of thioether (sulfide) groups is 1. The summed E-state index contributed by atoms with van der Waals surface area (Å²) in [6.45, 7) is 4.14. The number of nitrogens with one attached hydrogen (secondary N) is 1. The molecule has 7 nitrogen and oxygen atoms in total. The molecule has 1 aromatic carbocycles. The van der Waals surface area contributed by atoms with E-state index in [0.29, 0.717) is 24.3 Å². The number of nitrogens with zero attached hydrogens (tertiary/aromatic N) is 3. The van der Waals surface area contributed by atoms with E-state index in [4.69, 9.17) is 4.74 Å². The van der Waals surface area contributed by atoms with E-state index in [1.54, 1.807) is 17.8 Å². The molecule has 0 unspecified atom stereocenters. The first-order chi connectivity index (χ1) is 13.6. The predicted molar refractivity (Wildman–Crippen MR) is 110 cm³/mol. The number of carbonyl (C=O) groups is 1. The van der Waals surface area contributed by atoms with Crippen LogP contribution in [-0.2, 0) is 6.42 Å². The number of hydrogen-bond donors (Lipinski definition) is 2. The summed E-state index contributed by atoms with van der Waals surface area (Å²) in [7, 11) is 0. The van der Waals surface area contributed by atoms with Crippen molar-refractivity contribution in [2.24, 2.45) is 0 Å². The Morgan fingerprint density at radius 3 is 2.61 bits per heavy atom. The number of benzene rings is 1. The van der Waals surface area contributed by atoms with E-state index in [2.05, 4.69) is 20.6 Å². The average molecular weight is 407 g/mol. The highest BCUT2D eigenvalue weighted by atomic mass is 32.2. The molecule has 8 heteroatoms. The van der Waals surface area contributed by atoms with Crippen LogP contribution in [0.4, 0.5) is 0 Å². The van der Waals surface area contributed by atoms with E-state index in [1.165, 1.54) is 26.2 Å². The Balaban J connectivity index is 1.61. The molecule has 0 fully saturated rings. The number of ether oxygens (including phenoxy) is 1. The number of H-pyrrole nitrogens is 1. The fourth-order valence-electron chi connectivity index (χ4n) is 3.00. The normalized spacial score (nSPS) is 10.9. The van der Waals surface area contributed by atoms with Gasteiger partial charge in [-0.05, 0) is 48.7 Å². The quantitative estimate of drug-likeness (QED) is 0.269. The predicted octanol–water partition coefficient (Wildman–Crippen LogP) is 4.57. The van der Waals surface area contributed by atoms with Gasteiger partial charge in [0.1, 0.15) is 11.5 Å². The topological polar surface area (TPSA) is 101 Å². The van der Waals surface area contributed by atoms with Crippen molar-refractivity contribution in [1.82, 2.24) is 20.6 Å². The number of unbranched alkanes of at least 4 members (excludes halogenated alkanes) is 5. The van der Waals surface area contributed by atoms with Gasteiger partial charge >= 0.3 is 0 Å². The highest BCUT2D eigenvalue weighted by Gasteiger charge is 2.15. The number of phenolic OH excluding ortho intramolecular Hbond substituents is 1. The molecule has 0 aliphatic carbocycles. The lowest BCUT2D eigenvalue weighted by Crippen LogP contribution is -2.03. The first-order valence-corrected chi connectivity index (χ1v) is 11.0. The van der Waals surface area contributed by atoms with E-state index >= 15 is 0 Å². The lowest BCUT2D eigenvalue weighted by Gasteiger charge is -2.14. The van der Waals surface area contributed by atoms with Crippen molar-refractivity contribution in [2.45, 2.75) is 70.4 Å². The largest absolute Gasteiger partial charge is 0.507 e. The van der Waals surface area contributed by atoms with Crippen LogP contribution in [0.25, 0.3) is 0 Å². The lowest BCUT2D eigenvalue weighted by molar-refractivity contribution is 0.101. The highest BCUT2D eigenvalue weighted by molar-refractivity contribution is 7.99. The van der Waals surface area contributed by atoms with E-state index < -0.39 is 0 Å². The second-order valence-corrected chi connectivity index (χ2v) is 7.85. The van der Waals surface area contributed by atoms with E-state index in [-0.39, 0.29) is 11.5 Å². The molecule has 1 heterocycles. The zero-order valence-electron chi connectivity index (χ0n) is 16.7. The molecule has 0 radical (unpaired) electrons. The second kappa shape index (κ2) is 12.4. The van der Waals surface area contributed by atoms with Crippen LogP contribution in [0.1, 0.15) is 74.7 Å². The summed E-state index contributed by atoms with van der Waals surface area (Å²) in [5.41, 5.74) is 1.11. The number of tetrazole rings is 1. The van der Waals surface area contributed by atoms with Crippen molar-refractivity contribution in [3.8, 4) is 11.5 Å². The molecule has 0 spiro atoms. The van der Waals surface area contributed by atoms with Gasteiger partial charge in [-0.2, -0.15) is 0 Å². The van der Waals surface area contributed by atoms with Crippen molar-refractivity contribution in [1.29, 1.82) is 0 Å². The third-order valence-corrected chi connectivity index (χ3v) is 5.42. The molecule has 0 aliphatic heterocycles. The van der Waals surface area contributed by atoms with Gasteiger partial charge in [-0.1, -0.05) is 50.8 Å². The van der Waals surface area contributed by atoms with Crippen molar-refractivity contribution in [3.63, 3.8) is 0 Å². The smallest absolute Gasteiger partial charge is 0.206 e. The number of aromatic amines is 1. The summed E-state index contributed by atoms with van der Waals surface area (Å²) in [6.07, 6.45) is 8.46. The number of hydrogen-bond acceptors (Lipinski definition) is 7. The molecule has 0 bridgehead atoms. The van der Waals surface area contributed by atoms with Crippen molar-refractivity contribution < 1.29 is 14.6 Å². The number of phenols is 1. The zero-order chi connectivity index (χ0) is 20.2. The van der Waals surface area contributed by atoms with Crippen LogP contribution >= 0.6 is 11.8 Å². The van der Waals surface area contributed by atoms with Gasteiger partial charge in [-0.15, -0.1) is 5.10 Å². The Kier molecular flexibility index (Phi) is 9.82. The number of ketones is 1. The van der Waals surface area contributed by atoms with Gasteiger partial charge in [0.25, 0.3) is 0 Å². The van der Waals surface area contributed by atoms with Crippen LogP contribution in [0.15, 0.2) is 17.3 Å².